The molecule has 0 aliphatic carbocycles. The van der Waals surface area contributed by atoms with Gasteiger partial charge in [0, 0.05) is 16.1 Å². The SMILES string of the molecule is CC1Cc2cc(C(=O)Nc3ccccc3Br)ccc2N1S(C)(=O)=O. The van der Waals surface area contributed by atoms with E-state index in [1.54, 1.807) is 18.2 Å². The van der Waals surface area contributed by atoms with E-state index in [9.17, 15) is 13.2 Å². The highest BCUT2D eigenvalue weighted by molar-refractivity contribution is 9.10. The van der Waals surface area contributed by atoms with Crippen LogP contribution in [-0.2, 0) is 16.4 Å². The smallest absolute Gasteiger partial charge is 0.255 e. The summed E-state index contributed by atoms with van der Waals surface area (Å²) in [7, 11) is -3.33. The zero-order valence-electron chi connectivity index (χ0n) is 13.3. The lowest BCUT2D eigenvalue weighted by atomic mass is 10.1. The molecule has 2 aromatic rings. The van der Waals surface area contributed by atoms with Crippen molar-refractivity contribution in [2.45, 2.75) is 19.4 Å². The van der Waals surface area contributed by atoms with Crippen LogP contribution in [0.2, 0.25) is 0 Å². The number of carbonyl (C=O) groups is 1. The fourth-order valence-corrected chi connectivity index (χ4v) is 4.65. The number of fused-ring (bicyclic) bond motifs is 1. The molecule has 2 aromatic carbocycles. The van der Waals surface area contributed by atoms with Crippen LogP contribution in [0.3, 0.4) is 0 Å². The van der Waals surface area contributed by atoms with Gasteiger partial charge >= 0.3 is 0 Å². The van der Waals surface area contributed by atoms with Crippen LogP contribution in [0.15, 0.2) is 46.9 Å². The second-order valence-electron chi connectivity index (χ2n) is 5.89. The van der Waals surface area contributed by atoms with E-state index in [1.165, 1.54) is 10.6 Å². The monoisotopic (exact) mass is 408 g/mol. The lowest BCUT2D eigenvalue weighted by molar-refractivity contribution is 0.102. The van der Waals surface area contributed by atoms with Crippen LogP contribution < -0.4 is 9.62 Å². The first kappa shape index (κ1) is 17.0. The molecule has 0 saturated heterocycles. The Hall–Kier alpha value is -1.86. The summed E-state index contributed by atoms with van der Waals surface area (Å²) in [4.78, 5) is 12.5. The second-order valence-corrected chi connectivity index (χ2v) is 8.60. The maximum Gasteiger partial charge on any atom is 0.255 e. The van der Waals surface area contributed by atoms with Crippen molar-refractivity contribution in [3.8, 4) is 0 Å². The fraction of sp³-hybridized carbons (Fsp3) is 0.235. The van der Waals surface area contributed by atoms with Crippen molar-refractivity contribution in [2.24, 2.45) is 0 Å². The number of rotatable bonds is 3. The van der Waals surface area contributed by atoms with E-state index < -0.39 is 10.0 Å². The van der Waals surface area contributed by atoms with E-state index in [0.29, 0.717) is 23.4 Å². The van der Waals surface area contributed by atoms with Crippen molar-refractivity contribution in [3.05, 3.63) is 58.1 Å². The quantitative estimate of drug-likeness (QED) is 0.845. The van der Waals surface area contributed by atoms with Gasteiger partial charge in [-0.25, -0.2) is 8.42 Å². The second kappa shape index (κ2) is 6.22. The number of anilines is 2. The van der Waals surface area contributed by atoms with Gasteiger partial charge in [-0.15, -0.1) is 0 Å². The van der Waals surface area contributed by atoms with Gasteiger partial charge < -0.3 is 5.32 Å². The molecule has 1 aliphatic rings. The van der Waals surface area contributed by atoms with Crippen molar-refractivity contribution in [1.29, 1.82) is 0 Å². The van der Waals surface area contributed by atoms with Crippen LogP contribution in [0.5, 0.6) is 0 Å². The Balaban J connectivity index is 1.89. The minimum atomic E-state index is -3.33. The molecule has 0 saturated carbocycles. The highest BCUT2D eigenvalue weighted by Crippen LogP contribution is 2.35. The number of nitrogens with one attached hydrogen (secondary N) is 1. The molecular formula is C17H17BrN2O3S. The Morgan fingerprint density at radius 1 is 1.25 bits per heavy atom. The van der Waals surface area contributed by atoms with Gasteiger partial charge in [0.25, 0.3) is 5.91 Å². The van der Waals surface area contributed by atoms with Crippen molar-refractivity contribution in [3.63, 3.8) is 0 Å². The average Bonchev–Trinajstić information content (AvgIpc) is 2.84. The van der Waals surface area contributed by atoms with Crippen molar-refractivity contribution in [1.82, 2.24) is 0 Å². The highest BCUT2D eigenvalue weighted by atomic mass is 79.9. The summed E-state index contributed by atoms with van der Waals surface area (Å²) < 4.78 is 26.1. The van der Waals surface area contributed by atoms with Gasteiger partial charge in [0.2, 0.25) is 10.0 Å². The number of halogens is 1. The van der Waals surface area contributed by atoms with Crippen molar-refractivity contribution in [2.75, 3.05) is 15.9 Å². The first-order valence-corrected chi connectivity index (χ1v) is 10.1. The summed E-state index contributed by atoms with van der Waals surface area (Å²) in [5.74, 6) is -0.227. The molecule has 1 N–H and O–H groups in total. The zero-order valence-corrected chi connectivity index (χ0v) is 15.7. The Kier molecular flexibility index (Phi) is 4.40. The third-order valence-electron chi connectivity index (χ3n) is 3.97. The minimum absolute atomic E-state index is 0.142. The molecular weight excluding hydrogens is 392 g/mol. The number of nitrogens with zero attached hydrogens (tertiary/aromatic N) is 1. The number of para-hydroxylation sites is 1. The molecule has 7 heteroatoms. The molecule has 0 spiro atoms. The van der Waals surface area contributed by atoms with Crippen molar-refractivity contribution >= 4 is 43.2 Å². The topological polar surface area (TPSA) is 66.5 Å². The number of benzene rings is 2. The van der Waals surface area contributed by atoms with Crippen LogP contribution in [-0.4, -0.2) is 26.6 Å². The van der Waals surface area contributed by atoms with Gasteiger partial charge in [0.05, 0.1) is 17.6 Å². The van der Waals surface area contributed by atoms with Gasteiger partial charge in [0.1, 0.15) is 0 Å². The van der Waals surface area contributed by atoms with E-state index in [4.69, 9.17) is 0 Å². The summed E-state index contributed by atoms with van der Waals surface area (Å²) in [6.45, 7) is 1.86. The van der Waals surface area contributed by atoms with Gasteiger partial charge in [-0.2, -0.15) is 0 Å². The molecule has 1 unspecified atom stereocenters. The maximum absolute atomic E-state index is 12.5. The van der Waals surface area contributed by atoms with Gasteiger partial charge in [-0.1, -0.05) is 12.1 Å². The average molecular weight is 409 g/mol. The van der Waals surface area contributed by atoms with Crippen LogP contribution in [0.1, 0.15) is 22.8 Å². The van der Waals surface area contributed by atoms with E-state index in [0.717, 1.165) is 10.0 Å². The fourth-order valence-electron chi connectivity index (χ4n) is 3.01. The summed E-state index contributed by atoms with van der Waals surface area (Å²) in [5, 5.41) is 2.85. The van der Waals surface area contributed by atoms with Crippen LogP contribution in [0.4, 0.5) is 11.4 Å². The molecule has 1 heterocycles. The summed E-state index contributed by atoms with van der Waals surface area (Å²) in [5.41, 5.74) is 2.72. The third kappa shape index (κ3) is 3.18. The highest BCUT2D eigenvalue weighted by Gasteiger charge is 2.32. The lowest BCUT2D eigenvalue weighted by Crippen LogP contribution is -2.34. The molecule has 1 atom stereocenters. The minimum Gasteiger partial charge on any atom is -0.321 e. The lowest BCUT2D eigenvalue weighted by Gasteiger charge is -2.21. The Labute approximate surface area is 149 Å². The van der Waals surface area contributed by atoms with Gasteiger partial charge in [-0.05, 0) is 65.2 Å². The molecule has 0 fully saturated rings. The molecule has 1 amide bonds. The van der Waals surface area contributed by atoms with Gasteiger partial charge in [0.15, 0.2) is 0 Å². The van der Waals surface area contributed by atoms with E-state index in [2.05, 4.69) is 21.2 Å². The van der Waals surface area contributed by atoms with Gasteiger partial charge in [-0.3, -0.25) is 9.10 Å². The van der Waals surface area contributed by atoms with E-state index in [1.807, 2.05) is 31.2 Å². The summed E-state index contributed by atoms with van der Waals surface area (Å²) in [6.07, 6.45) is 1.80. The number of hydrogen-bond donors (Lipinski definition) is 1. The molecule has 3 rings (SSSR count). The predicted octanol–water partition coefficient (Wildman–Crippen LogP) is 3.41. The molecule has 5 nitrogen and oxygen atoms in total. The number of carbonyl (C=O) groups excluding carboxylic acids is 1. The number of sulfonamides is 1. The molecule has 126 valence electrons. The molecule has 0 radical (unpaired) electrons. The van der Waals surface area contributed by atoms with Crippen molar-refractivity contribution < 1.29 is 13.2 Å². The first-order chi connectivity index (χ1) is 11.3. The molecule has 0 aromatic heterocycles. The van der Waals surface area contributed by atoms with E-state index >= 15 is 0 Å². The Bertz CT molecular complexity index is 912. The summed E-state index contributed by atoms with van der Waals surface area (Å²) >= 11 is 3.40. The summed E-state index contributed by atoms with van der Waals surface area (Å²) in [6, 6.07) is 12.4. The Morgan fingerprint density at radius 3 is 2.62 bits per heavy atom. The molecule has 1 aliphatic heterocycles. The standard InChI is InChI=1S/C17H17BrN2O3S/c1-11-9-13-10-12(7-8-16(13)20(11)24(2,22)23)17(21)19-15-6-4-3-5-14(15)18/h3-8,10-11H,9H2,1-2H3,(H,19,21). The zero-order chi connectivity index (χ0) is 17.5. The number of amides is 1. The van der Waals surface area contributed by atoms with Crippen LogP contribution >= 0.6 is 15.9 Å². The normalized spacial score (nSPS) is 16.8. The number of hydrogen-bond acceptors (Lipinski definition) is 3. The van der Waals surface area contributed by atoms with Crippen LogP contribution in [0.25, 0.3) is 0 Å². The van der Waals surface area contributed by atoms with Crippen LogP contribution in [0, 0.1) is 0 Å². The third-order valence-corrected chi connectivity index (χ3v) is 5.94. The Morgan fingerprint density at radius 2 is 1.96 bits per heavy atom. The predicted molar refractivity (Wildman–Crippen MR) is 99.0 cm³/mol. The molecule has 24 heavy (non-hydrogen) atoms. The maximum atomic E-state index is 12.5. The van der Waals surface area contributed by atoms with E-state index in [-0.39, 0.29) is 11.9 Å². The first-order valence-electron chi connectivity index (χ1n) is 7.45. The molecule has 0 bridgehead atoms. The largest absolute Gasteiger partial charge is 0.321 e.